The normalized spacial score (nSPS) is 11.4. The predicted molar refractivity (Wildman–Crippen MR) is 87.7 cm³/mol. The van der Waals surface area contributed by atoms with Gasteiger partial charge in [-0.15, -0.1) is 0 Å². The fourth-order valence-electron chi connectivity index (χ4n) is 2.49. The zero-order chi connectivity index (χ0) is 17.1. The molecule has 0 aliphatic carbocycles. The Hall–Kier alpha value is -2.58. The molecule has 8 heteroatoms. The average Bonchev–Trinajstić information content (AvgIpc) is 2.94. The van der Waals surface area contributed by atoms with Gasteiger partial charge in [0.05, 0.1) is 17.6 Å². The quantitative estimate of drug-likeness (QED) is 0.699. The van der Waals surface area contributed by atoms with Crippen LogP contribution in [0.25, 0.3) is 16.7 Å². The Kier molecular flexibility index (Phi) is 4.68. The van der Waals surface area contributed by atoms with Crippen molar-refractivity contribution in [3.63, 3.8) is 0 Å². The topological polar surface area (TPSA) is 74.1 Å². The number of halogens is 1. The summed E-state index contributed by atoms with van der Waals surface area (Å²) in [6.07, 6.45) is 1.01. The zero-order valence-electron chi connectivity index (χ0n) is 13.7. The highest BCUT2D eigenvalue weighted by molar-refractivity contribution is 5.90. The first-order valence-electron chi connectivity index (χ1n) is 7.40. The molecule has 0 radical (unpaired) electrons. The van der Waals surface area contributed by atoms with Crippen LogP contribution in [0.4, 0.5) is 10.2 Å². The van der Waals surface area contributed by atoms with Gasteiger partial charge in [0.2, 0.25) is 0 Å². The van der Waals surface area contributed by atoms with Crippen LogP contribution in [0.3, 0.4) is 0 Å². The molecule has 126 valence electrons. The summed E-state index contributed by atoms with van der Waals surface area (Å²) in [4.78, 5) is 8.53. The molecule has 0 atom stereocenters. The molecule has 0 saturated carbocycles. The van der Waals surface area contributed by atoms with Gasteiger partial charge in [-0.1, -0.05) is 12.1 Å². The van der Waals surface area contributed by atoms with Crippen LogP contribution in [0.1, 0.15) is 5.69 Å². The molecule has 2 heterocycles. The van der Waals surface area contributed by atoms with Crippen LogP contribution in [0.15, 0.2) is 30.6 Å². The van der Waals surface area contributed by atoms with E-state index in [1.54, 1.807) is 32.4 Å². The van der Waals surface area contributed by atoms with Crippen LogP contribution in [0.5, 0.6) is 0 Å². The SMILES string of the molecule is COC(CNc1ncnc2c1c(C)nn2-c1ccccc1F)OC. The second-order valence-electron chi connectivity index (χ2n) is 5.15. The fourth-order valence-corrected chi connectivity index (χ4v) is 2.49. The van der Waals surface area contributed by atoms with Crippen molar-refractivity contribution in [1.82, 2.24) is 19.7 Å². The molecular formula is C16H18FN5O2. The lowest BCUT2D eigenvalue weighted by Gasteiger charge is -2.14. The standard InChI is InChI=1S/C16H18FN5O2/c1-10-14-15(18-8-13(23-2)24-3)19-9-20-16(14)22(21-10)12-7-5-4-6-11(12)17/h4-7,9,13H,8H2,1-3H3,(H,18,19,20). The predicted octanol–water partition coefficient (Wildman–Crippen LogP) is 2.29. The molecule has 0 unspecified atom stereocenters. The summed E-state index contributed by atoms with van der Waals surface area (Å²) >= 11 is 0. The molecule has 1 aromatic carbocycles. The molecule has 0 spiro atoms. The van der Waals surface area contributed by atoms with E-state index in [0.29, 0.717) is 29.4 Å². The molecule has 24 heavy (non-hydrogen) atoms. The average molecular weight is 331 g/mol. The molecule has 0 fully saturated rings. The van der Waals surface area contributed by atoms with Crippen LogP contribution in [0, 0.1) is 12.7 Å². The minimum atomic E-state index is -0.406. The third kappa shape index (κ3) is 2.93. The molecule has 1 N–H and O–H groups in total. The lowest BCUT2D eigenvalue weighted by molar-refractivity contribution is -0.0914. The molecule has 0 aliphatic heterocycles. The van der Waals surface area contributed by atoms with Gasteiger partial charge in [0.1, 0.15) is 23.6 Å². The molecule has 0 aliphatic rings. The highest BCUT2D eigenvalue weighted by Gasteiger charge is 2.17. The van der Waals surface area contributed by atoms with E-state index in [9.17, 15) is 4.39 Å². The first-order valence-corrected chi connectivity index (χ1v) is 7.40. The van der Waals surface area contributed by atoms with Gasteiger partial charge < -0.3 is 14.8 Å². The van der Waals surface area contributed by atoms with Gasteiger partial charge in [-0.2, -0.15) is 5.10 Å². The van der Waals surface area contributed by atoms with Gasteiger partial charge in [0.15, 0.2) is 11.9 Å². The summed E-state index contributed by atoms with van der Waals surface area (Å²) in [6.45, 7) is 2.24. The molecule has 0 amide bonds. The van der Waals surface area contributed by atoms with Crippen molar-refractivity contribution in [2.45, 2.75) is 13.2 Å². The maximum Gasteiger partial charge on any atom is 0.173 e. The second kappa shape index (κ2) is 6.90. The third-order valence-electron chi connectivity index (χ3n) is 3.68. The number of benzene rings is 1. The van der Waals surface area contributed by atoms with Crippen LogP contribution in [-0.4, -0.2) is 46.8 Å². The third-order valence-corrected chi connectivity index (χ3v) is 3.68. The van der Waals surface area contributed by atoms with Gasteiger partial charge in [-0.05, 0) is 19.1 Å². The first-order chi connectivity index (χ1) is 11.7. The van der Waals surface area contributed by atoms with E-state index in [1.165, 1.54) is 17.1 Å². The molecule has 3 rings (SSSR count). The van der Waals surface area contributed by atoms with Gasteiger partial charge in [0, 0.05) is 14.2 Å². The number of fused-ring (bicyclic) bond motifs is 1. The molecule has 7 nitrogen and oxygen atoms in total. The highest BCUT2D eigenvalue weighted by Crippen LogP contribution is 2.26. The number of nitrogens with one attached hydrogen (secondary N) is 1. The van der Waals surface area contributed by atoms with Crippen molar-refractivity contribution in [2.75, 3.05) is 26.1 Å². The van der Waals surface area contributed by atoms with Gasteiger partial charge in [-0.3, -0.25) is 0 Å². The second-order valence-corrected chi connectivity index (χ2v) is 5.15. The number of ether oxygens (including phenoxy) is 2. The first kappa shape index (κ1) is 16.3. The summed E-state index contributed by atoms with van der Waals surface area (Å²) in [5.74, 6) is 0.230. The summed E-state index contributed by atoms with van der Waals surface area (Å²) in [5.41, 5.74) is 1.57. The number of methoxy groups -OCH3 is 2. The number of aromatic nitrogens is 4. The number of anilines is 1. The number of hydrogen-bond donors (Lipinski definition) is 1. The molecule has 3 aromatic rings. The van der Waals surface area contributed by atoms with Crippen LogP contribution in [0.2, 0.25) is 0 Å². The van der Waals surface area contributed by atoms with E-state index in [1.807, 2.05) is 6.92 Å². The van der Waals surface area contributed by atoms with Gasteiger partial charge in [-0.25, -0.2) is 19.0 Å². The maximum atomic E-state index is 14.1. The number of rotatable bonds is 6. The van der Waals surface area contributed by atoms with Gasteiger partial charge >= 0.3 is 0 Å². The van der Waals surface area contributed by atoms with E-state index in [2.05, 4.69) is 20.4 Å². The summed E-state index contributed by atoms with van der Waals surface area (Å²) in [6, 6.07) is 6.43. The Balaban J connectivity index is 2.04. The molecule has 0 bridgehead atoms. The smallest absolute Gasteiger partial charge is 0.173 e. The van der Waals surface area contributed by atoms with Crippen LogP contribution in [-0.2, 0) is 9.47 Å². The number of nitrogens with zero attached hydrogens (tertiary/aromatic N) is 4. The fraction of sp³-hybridized carbons (Fsp3) is 0.312. The lowest BCUT2D eigenvalue weighted by Crippen LogP contribution is -2.24. The lowest BCUT2D eigenvalue weighted by atomic mass is 10.3. The monoisotopic (exact) mass is 331 g/mol. The summed E-state index contributed by atoms with van der Waals surface area (Å²) in [7, 11) is 3.12. The Morgan fingerprint density at radius 2 is 1.96 bits per heavy atom. The van der Waals surface area contributed by atoms with Crippen molar-refractivity contribution in [3.8, 4) is 5.69 Å². The van der Waals surface area contributed by atoms with Crippen molar-refractivity contribution in [1.29, 1.82) is 0 Å². The van der Waals surface area contributed by atoms with E-state index in [0.717, 1.165) is 5.39 Å². The molecular weight excluding hydrogens is 313 g/mol. The number of hydrogen-bond acceptors (Lipinski definition) is 6. The van der Waals surface area contributed by atoms with Gasteiger partial charge in [0.25, 0.3) is 0 Å². The largest absolute Gasteiger partial charge is 0.364 e. The Bertz CT molecular complexity index is 848. The van der Waals surface area contributed by atoms with E-state index in [-0.39, 0.29) is 5.82 Å². The van der Waals surface area contributed by atoms with Crippen LogP contribution < -0.4 is 5.32 Å². The maximum absolute atomic E-state index is 14.1. The minimum absolute atomic E-state index is 0.340. The Labute approximate surface area is 138 Å². The summed E-state index contributed by atoms with van der Waals surface area (Å²) in [5, 5.41) is 8.31. The zero-order valence-corrected chi connectivity index (χ0v) is 13.7. The van der Waals surface area contributed by atoms with Crippen molar-refractivity contribution in [2.24, 2.45) is 0 Å². The van der Waals surface area contributed by atoms with E-state index >= 15 is 0 Å². The number of aryl methyl sites for hydroxylation is 1. The van der Waals surface area contributed by atoms with Crippen molar-refractivity contribution >= 4 is 16.9 Å². The Morgan fingerprint density at radius 3 is 2.67 bits per heavy atom. The number of para-hydroxylation sites is 1. The minimum Gasteiger partial charge on any atom is -0.364 e. The molecule has 0 saturated heterocycles. The van der Waals surface area contributed by atoms with Crippen molar-refractivity contribution in [3.05, 3.63) is 42.1 Å². The Morgan fingerprint density at radius 1 is 1.21 bits per heavy atom. The molecule has 2 aromatic heterocycles. The van der Waals surface area contributed by atoms with Crippen LogP contribution >= 0.6 is 0 Å². The van der Waals surface area contributed by atoms with Crippen molar-refractivity contribution < 1.29 is 13.9 Å². The highest BCUT2D eigenvalue weighted by atomic mass is 19.1. The summed E-state index contributed by atoms with van der Waals surface area (Å²) < 4.78 is 25.9. The van der Waals surface area contributed by atoms with E-state index < -0.39 is 6.29 Å². The van der Waals surface area contributed by atoms with E-state index in [4.69, 9.17) is 9.47 Å².